The van der Waals surface area contributed by atoms with Gasteiger partial charge in [0.15, 0.2) is 0 Å². The third-order valence-corrected chi connectivity index (χ3v) is 3.85. The summed E-state index contributed by atoms with van der Waals surface area (Å²) in [6, 6.07) is 9.79. The molecule has 5 nitrogen and oxygen atoms in total. The fraction of sp³-hybridized carbons (Fsp3) is 0.500. The second-order valence-electron chi connectivity index (χ2n) is 5.43. The Bertz CT molecular complexity index is 490. The lowest BCUT2D eigenvalue weighted by molar-refractivity contribution is -0.145. The second-order valence-corrected chi connectivity index (χ2v) is 5.43. The molecule has 2 atom stereocenters. The Labute approximate surface area is 125 Å². The highest BCUT2D eigenvalue weighted by molar-refractivity contribution is 5.83. The minimum atomic E-state index is -0.595. The van der Waals surface area contributed by atoms with Gasteiger partial charge in [0.1, 0.15) is 6.04 Å². The number of likely N-dealkylation sites (tertiary alicyclic amines) is 1. The molecule has 2 rings (SSSR count). The molecule has 0 radical (unpaired) electrons. The van der Waals surface area contributed by atoms with Crippen LogP contribution in [-0.2, 0) is 14.3 Å². The van der Waals surface area contributed by atoms with Crippen LogP contribution in [0.4, 0.5) is 0 Å². The lowest BCUT2D eigenvalue weighted by atomic mass is 9.99. The molecule has 114 valence electrons. The molecular weight excluding hydrogens is 268 g/mol. The molecule has 1 fully saturated rings. The van der Waals surface area contributed by atoms with Gasteiger partial charge in [0.25, 0.3) is 0 Å². The summed E-state index contributed by atoms with van der Waals surface area (Å²) in [5.74, 6) is -0.126. The van der Waals surface area contributed by atoms with E-state index in [4.69, 9.17) is 4.74 Å². The Kier molecular flexibility index (Phi) is 5.33. The van der Waals surface area contributed by atoms with Gasteiger partial charge in [-0.1, -0.05) is 30.3 Å². The van der Waals surface area contributed by atoms with E-state index in [0.717, 1.165) is 19.5 Å². The lowest BCUT2D eigenvalue weighted by Crippen LogP contribution is -2.47. The van der Waals surface area contributed by atoms with Crippen LogP contribution in [0.2, 0.25) is 0 Å². The highest BCUT2D eigenvalue weighted by atomic mass is 16.5. The number of nitrogens with zero attached hydrogens (tertiary/aromatic N) is 1. The van der Waals surface area contributed by atoms with Crippen LogP contribution < -0.4 is 5.32 Å². The number of nitrogens with one attached hydrogen (secondary N) is 1. The zero-order valence-electron chi connectivity index (χ0n) is 12.5. The van der Waals surface area contributed by atoms with Crippen LogP contribution in [0.3, 0.4) is 0 Å². The van der Waals surface area contributed by atoms with Crippen molar-refractivity contribution in [3.8, 4) is 0 Å². The van der Waals surface area contributed by atoms with Gasteiger partial charge in [-0.3, -0.25) is 4.79 Å². The molecule has 1 aliphatic rings. The molecule has 2 unspecified atom stereocenters. The molecule has 0 bridgehead atoms. The van der Waals surface area contributed by atoms with Crippen LogP contribution in [0.5, 0.6) is 0 Å². The van der Waals surface area contributed by atoms with E-state index in [1.165, 1.54) is 19.6 Å². The monoisotopic (exact) mass is 290 g/mol. The SMILES string of the molecule is COC(=O)C(CN1CCC(c2ccccc2)C1)NC(C)=O. The van der Waals surface area contributed by atoms with Gasteiger partial charge < -0.3 is 15.0 Å². The average Bonchev–Trinajstić information content (AvgIpc) is 2.95. The van der Waals surface area contributed by atoms with E-state index in [1.54, 1.807) is 0 Å². The maximum atomic E-state index is 11.7. The lowest BCUT2D eigenvalue weighted by Gasteiger charge is -2.22. The molecule has 1 aromatic carbocycles. The molecule has 1 heterocycles. The maximum absolute atomic E-state index is 11.7. The Morgan fingerprint density at radius 2 is 2.10 bits per heavy atom. The van der Waals surface area contributed by atoms with E-state index in [2.05, 4.69) is 22.3 Å². The maximum Gasteiger partial charge on any atom is 0.329 e. The summed E-state index contributed by atoms with van der Waals surface area (Å²) in [5, 5.41) is 2.66. The van der Waals surface area contributed by atoms with Crippen LogP contribution in [-0.4, -0.2) is 49.6 Å². The van der Waals surface area contributed by atoms with Crippen molar-refractivity contribution in [2.24, 2.45) is 0 Å². The summed E-state index contributed by atoms with van der Waals surface area (Å²) in [4.78, 5) is 25.1. The number of carbonyl (C=O) groups is 2. The molecule has 5 heteroatoms. The summed E-state index contributed by atoms with van der Waals surface area (Å²) in [6.07, 6.45) is 1.07. The first-order valence-corrected chi connectivity index (χ1v) is 7.22. The van der Waals surface area contributed by atoms with E-state index in [0.29, 0.717) is 12.5 Å². The van der Waals surface area contributed by atoms with Gasteiger partial charge in [-0.15, -0.1) is 0 Å². The highest BCUT2D eigenvalue weighted by Gasteiger charge is 2.29. The summed E-state index contributed by atoms with van der Waals surface area (Å²) < 4.78 is 4.75. The van der Waals surface area contributed by atoms with Gasteiger partial charge in [-0.05, 0) is 24.4 Å². The normalized spacial score (nSPS) is 20.0. The minimum Gasteiger partial charge on any atom is -0.467 e. The summed E-state index contributed by atoms with van der Waals surface area (Å²) in [6.45, 7) is 3.73. The van der Waals surface area contributed by atoms with Gasteiger partial charge in [0.2, 0.25) is 5.91 Å². The van der Waals surface area contributed by atoms with Crippen LogP contribution >= 0.6 is 0 Å². The van der Waals surface area contributed by atoms with Gasteiger partial charge in [0.05, 0.1) is 7.11 Å². The van der Waals surface area contributed by atoms with E-state index in [-0.39, 0.29) is 5.91 Å². The van der Waals surface area contributed by atoms with Crippen molar-refractivity contribution in [1.29, 1.82) is 0 Å². The molecule has 21 heavy (non-hydrogen) atoms. The quantitative estimate of drug-likeness (QED) is 0.827. The molecule has 1 N–H and O–H groups in total. The zero-order chi connectivity index (χ0) is 15.2. The smallest absolute Gasteiger partial charge is 0.329 e. The van der Waals surface area contributed by atoms with Crippen molar-refractivity contribution in [3.63, 3.8) is 0 Å². The van der Waals surface area contributed by atoms with Gasteiger partial charge in [-0.25, -0.2) is 4.79 Å². The van der Waals surface area contributed by atoms with Crippen LogP contribution in [0.15, 0.2) is 30.3 Å². The Balaban J connectivity index is 1.93. The Morgan fingerprint density at radius 3 is 2.71 bits per heavy atom. The average molecular weight is 290 g/mol. The molecule has 1 amide bonds. The van der Waals surface area contributed by atoms with Crippen molar-refractivity contribution < 1.29 is 14.3 Å². The van der Waals surface area contributed by atoms with Crippen molar-refractivity contribution >= 4 is 11.9 Å². The fourth-order valence-corrected chi connectivity index (χ4v) is 2.82. The summed E-state index contributed by atoms with van der Waals surface area (Å²) in [7, 11) is 1.34. The van der Waals surface area contributed by atoms with E-state index >= 15 is 0 Å². The molecule has 0 aliphatic carbocycles. The predicted molar refractivity (Wildman–Crippen MR) is 79.9 cm³/mol. The molecule has 1 saturated heterocycles. The third kappa shape index (κ3) is 4.29. The summed E-state index contributed by atoms with van der Waals surface area (Å²) in [5.41, 5.74) is 1.33. The van der Waals surface area contributed by atoms with Crippen molar-refractivity contribution in [2.45, 2.75) is 25.3 Å². The highest BCUT2D eigenvalue weighted by Crippen LogP contribution is 2.26. The van der Waals surface area contributed by atoms with Gasteiger partial charge >= 0.3 is 5.97 Å². The van der Waals surface area contributed by atoms with Gasteiger partial charge in [0, 0.05) is 20.0 Å². The molecule has 1 aromatic rings. The Morgan fingerprint density at radius 1 is 1.38 bits per heavy atom. The largest absolute Gasteiger partial charge is 0.467 e. The first-order chi connectivity index (χ1) is 10.1. The number of benzene rings is 1. The number of hydrogen-bond acceptors (Lipinski definition) is 4. The third-order valence-electron chi connectivity index (χ3n) is 3.85. The topological polar surface area (TPSA) is 58.6 Å². The fourth-order valence-electron chi connectivity index (χ4n) is 2.82. The molecule has 0 saturated carbocycles. The van der Waals surface area contributed by atoms with Crippen LogP contribution in [0, 0.1) is 0 Å². The van der Waals surface area contributed by atoms with Gasteiger partial charge in [-0.2, -0.15) is 0 Å². The van der Waals surface area contributed by atoms with E-state index in [1.807, 2.05) is 18.2 Å². The van der Waals surface area contributed by atoms with Crippen LogP contribution in [0.1, 0.15) is 24.8 Å². The number of esters is 1. The standard InChI is InChI=1S/C16H22N2O3/c1-12(19)17-15(16(20)21-2)11-18-9-8-14(10-18)13-6-4-3-5-7-13/h3-7,14-15H,8-11H2,1-2H3,(H,17,19). The molecule has 0 aromatic heterocycles. The van der Waals surface area contributed by atoms with E-state index in [9.17, 15) is 9.59 Å². The minimum absolute atomic E-state index is 0.218. The number of ether oxygens (including phenoxy) is 1. The number of carbonyl (C=O) groups excluding carboxylic acids is 2. The number of methoxy groups -OCH3 is 1. The first-order valence-electron chi connectivity index (χ1n) is 7.22. The molecular formula is C16H22N2O3. The van der Waals surface area contributed by atoms with Crippen molar-refractivity contribution in [2.75, 3.05) is 26.7 Å². The summed E-state index contributed by atoms with van der Waals surface area (Å²) >= 11 is 0. The van der Waals surface area contributed by atoms with Crippen molar-refractivity contribution in [1.82, 2.24) is 10.2 Å². The molecule has 1 aliphatic heterocycles. The molecule has 0 spiro atoms. The number of amides is 1. The zero-order valence-corrected chi connectivity index (χ0v) is 12.5. The van der Waals surface area contributed by atoms with E-state index < -0.39 is 12.0 Å². The Hall–Kier alpha value is -1.88. The number of hydrogen-bond donors (Lipinski definition) is 1. The first kappa shape index (κ1) is 15.5. The predicted octanol–water partition coefficient (Wildman–Crippen LogP) is 1.15. The second kappa shape index (κ2) is 7.22. The van der Waals surface area contributed by atoms with Crippen LogP contribution in [0.25, 0.3) is 0 Å². The van der Waals surface area contributed by atoms with Crippen molar-refractivity contribution in [3.05, 3.63) is 35.9 Å². The number of rotatable bonds is 5.